The van der Waals surface area contributed by atoms with Crippen LogP contribution >= 0.6 is 0 Å². The first-order chi connectivity index (χ1) is 4.74. The molecule has 1 unspecified atom stereocenters. The van der Waals surface area contributed by atoms with Crippen LogP contribution in [0.15, 0.2) is 0 Å². The van der Waals surface area contributed by atoms with Crippen molar-refractivity contribution in [3.05, 3.63) is 0 Å². The van der Waals surface area contributed by atoms with E-state index in [1.165, 1.54) is 32.5 Å². The molecule has 2 rings (SSSR count). The third kappa shape index (κ3) is 0.878. The second-order valence-electron chi connectivity index (χ2n) is 4.20. The molecule has 2 fully saturated rings. The molecule has 1 aliphatic heterocycles. The Morgan fingerprint density at radius 1 is 1.60 bits per heavy atom. The Morgan fingerprint density at radius 3 is 3.00 bits per heavy atom. The van der Waals surface area contributed by atoms with Crippen LogP contribution in [-0.4, -0.2) is 24.5 Å². The Balaban J connectivity index is 1.93. The van der Waals surface area contributed by atoms with Crippen LogP contribution in [0.5, 0.6) is 0 Å². The highest BCUT2D eigenvalue weighted by Gasteiger charge is 2.52. The fourth-order valence-corrected chi connectivity index (χ4v) is 2.20. The lowest BCUT2D eigenvalue weighted by Crippen LogP contribution is -2.33. The Labute approximate surface area is 63.4 Å². The quantitative estimate of drug-likeness (QED) is 0.535. The molecule has 0 aromatic carbocycles. The molecule has 58 valence electrons. The van der Waals surface area contributed by atoms with Gasteiger partial charge in [0.05, 0.1) is 0 Å². The van der Waals surface area contributed by atoms with E-state index in [4.69, 9.17) is 0 Å². The first-order valence-electron chi connectivity index (χ1n) is 4.47. The van der Waals surface area contributed by atoms with Crippen molar-refractivity contribution in [2.24, 2.45) is 11.3 Å². The summed E-state index contributed by atoms with van der Waals surface area (Å²) < 4.78 is 0. The second kappa shape index (κ2) is 1.97. The molecule has 2 aliphatic rings. The lowest BCUT2D eigenvalue weighted by atomic mass is 9.98. The fraction of sp³-hybridized carbons (Fsp3) is 1.00. The first kappa shape index (κ1) is 6.66. The van der Waals surface area contributed by atoms with Gasteiger partial charge < -0.3 is 4.90 Å². The minimum atomic E-state index is 0.783. The van der Waals surface area contributed by atoms with E-state index in [-0.39, 0.29) is 0 Å². The molecule has 0 radical (unpaired) electrons. The summed E-state index contributed by atoms with van der Waals surface area (Å²) in [6.45, 7) is 8.71. The highest BCUT2D eigenvalue weighted by molar-refractivity contribution is 5.03. The molecule has 0 amide bonds. The molecule has 2 atom stereocenters. The fourth-order valence-electron chi connectivity index (χ4n) is 2.20. The maximum absolute atomic E-state index is 2.58. The molecule has 0 bridgehead atoms. The molecule has 10 heavy (non-hydrogen) atoms. The first-order valence-corrected chi connectivity index (χ1v) is 4.47. The zero-order valence-electron chi connectivity index (χ0n) is 7.06. The molecule has 1 heterocycles. The number of fused-ring (bicyclic) bond motifs is 1. The summed E-state index contributed by atoms with van der Waals surface area (Å²) >= 11 is 0. The van der Waals surface area contributed by atoms with Crippen molar-refractivity contribution in [1.82, 2.24) is 4.90 Å². The molecule has 0 N–H and O–H groups in total. The van der Waals surface area contributed by atoms with E-state index in [2.05, 4.69) is 18.7 Å². The van der Waals surface area contributed by atoms with Gasteiger partial charge in [0.15, 0.2) is 0 Å². The molecule has 0 aromatic rings. The van der Waals surface area contributed by atoms with Gasteiger partial charge in [-0.3, -0.25) is 0 Å². The van der Waals surface area contributed by atoms with E-state index in [0.29, 0.717) is 0 Å². The highest BCUT2D eigenvalue weighted by Crippen LogP contribution is 2.57. The molecular weight excluding hydrogens is 122 g/mol. The predicted octanol–water partition coefficient (Wildman–Crippen LogP) is 1.74. The van der Waals surface area contributed by atoms with Crippen LogP contribution in [0.1, 0.15) is 26.7 Å². The van der Waals surface area contributed by atoms with Crippen LogP contribution in [0.2, 0.25) is 0 Å². The maximum Gasteiger partial charge on any atom is 0.00150 e. The van der Waals surface area contributed by atoms with Crippen molar-refractivity contribution < 1.29 is 0 Å². The largest absolute Gasteiger partial charge is 0.303 e. The van der Waals surface area contributed by atoms with Crippen molar-refractivity contribution >= 4 is 0 Å². The molecule has 1 saturated carbocycles. The summed E-state index contributed by atoms with van der Waals surface area (Å²) in [5, 5.41) is 0. The van der Waals surface area contributed by atoms with Crippen molar-refractivity contribution in [2.75, 3.05) is 19.6 Å². The van der Waals surface area contributed by atoms with Gasteiger partial charge in [0.1, 0.15) is 0 Å². The van der Waals surface area contributed by atoms with E-state index in [1.54, 1.807) is 0 Å². The Bertz CT molecular complexity index is 144. The van der Waals surface area contributed by atoms with Gasteiger partial charge in [-0.05, 0) is 37.3 Å². The van der Waals surface area contributed by atoms with Crippen LogP contribution < -0.4 is 0 Å². The molecule has 1 heteroatoms. The molecule has 1 nitrogen and oxygen atoms in total. The van der Waals surface area contributed by atoms with Gasteiger partial charge >= 0.3 is 0 Å². The van der Waals surface area contributed by atoms with Crippen LogP contribution in [-0.2, 0) is 0 Å². The standard InChI is InChI=1S/C9H17N/c1-3-10-5-4-9(2)6-8(9)7-10/h8H,3-7H2,1-2H3/t8?,9-/m1/s1. The van der Waals surface area contributed by atoms with Crippen molar-refractivity contribution in [1.29, 1.82) is 0 Å². The summed E-state index contributed by atoms with van der Waals surface area (Å²) in [5.41, 5.74) is 0.783. The van der Waals surface area contributed by atoms with E-state index < -0.39 is 0 Å². The third-order valence-electron chi connectivity index (χ3n) is 3.46. The molecule has 1 aliphatic carbocycles. The van der Waals surface area contributed by atoms with Crippen molar-refractivity contribution in [3.63, 3.8) is 0 Å². The van der Waals surface area contributed by atoms with Crippen molar-refractivity contribution in [2.45, 2.75) is 26.7 Å². The highest BCUT2D eigenvalue weighted by atomic mass is 15.1. The van der Waals surface area contributed by atoms with Gasteiger partial charge in [0.2, 0.25) is 0 Å². The average molecular weight is 139 g/mol. The summed E-state index contributed by atoms with van der Waals surface area (Å²) in [6, 6.07) is 0. The van der Waals surface area contributed by atoms with Crippen molar-refractivity contribution in [3.8, 4) is 0 Å². The summed E-state index contributed by atoms with van der Waals surface area (Å²) in [7, 11) is 0. The van der Waals surface area contributed by atoms with E-state index in [1.807, 2.05) is 0 Å². The van der Waals surface area contributed by atoms with Crippen LogP contribution in [0.25, 0.3) is 0 Å². The molecule has 0 spiro atoms. The molecular formula is C9H17N. The number of nitrogens with zero attached hydrogens (tertiary/aromatic N) is 1. The summed E-state index contributed by atoms with van der Waals surface area (Å²) in [5.74, 6) is 1.06. The zero-order chi connectivity index (χ0) is 7.19. The average Bonchev–Trinajstić information content (AvgIpc) is 2.59. The topological polar surface area (TPSA) is 3.24 Å². The maximum atomic E-state index is 2.58. The van der Waals surface area contributed by atoms with Gasteiger partial charge in [-0.1, -0.05) is 13.8 Å². The predicted molar refractivity (Wildman–Crippen MR) is 42.9 cm³/mol. The minimum Gasteiger partial charge on any atom is -0.303 e. The third-order valence-corrected chi connectivity index (χ3v) is 3.46. The van der Waals surface area contributed by atoms with Crippen LogP contribution in [0, 0.1) is 11.3 Å². The van der Waals surface area contributed by atoms with E-state index in [0.717, 1.165) is 11.3 Å². The molecule has 1 saturated heterocycles. The summed E-state index contributed by atoms with van der Waals surface area (Å²) in [6.07, 6.45) is 2.95. The number of rotatable bonds is 1. The van der Waals surface area contributed by atoms with Crippen LogP contribution in [0.4, 0.5) is 0 Å². The summed E-state index contributed by atoms with van der Waals surface area (Å²) in [4.78, 5) is 2.58. The van der Waals surface area contributed by atoms with Crippen LogP contribution in [0.3, 0.4) is 0 Å². The van der Waals surface area contributed by atoms with Gasteiger partial charge in [-0.15, -0.1) is 0 Å². The monoisotopic (exact) mass is 139 g/mol. The molecule has 0 aromatic heterocycles. The van der Waals surface area contributed by atoms with Gasteiger partial charge in [0.25, 0.3) is 0 Å². The van der Waals surface area contributed by atoms with Gasteiger partial charge in [-0.2, -0.15) is 0 Å². The Kier molecular flexibility index (Phi) is 1.31. The normalized spacial score (nSPS) is 46.8. The number of hydrogen-bond donors (Lipinski definition) is 0. The Morgan fingerprint density at radius 2 is 2.40 bits per heavy atom. The number of likely N-dealkylation sites (tertiary alicyclic amines) is 1. The lowest BCUT2D eigenvalue weighted by Gasteiger charge is -2.28. The SMILES string of the molecule is CCN1CC[C@]2(C)CC2C1. The number of piperidine rings is 1. The minimum absolute atomic E-state index is 0.783. The second-order valence-corrected chi connectivity index (χ2v) is 4.20. The number of hydrogen-bond acceptors (Lipinski definition) is 1. The van der Waals surface area contributed by atoms with Gasteiger partial charge in [0, 0.05) is 6.54 Å². The van der Waals surface area contributed by atoms with E-state index >= 15 is 0 Å². The van der Waals surface area contributed by atoms with Gasteiger partial charge in [-0.25, -0.2) is 0 Å². The lowest BCUT2D eigenvalue weighted by molar-refractivity contribution is 0.194. The smallest absolute Gasteiger partial charge is 0.00150 e. The zero-order valence-corrected chi connectivity index (χ0v) is 7.06. The Hall–Kier alpha value is -0.0400. The van der Waals surface area contributed by atoms with E-state index in [9.17, 15) is 0 Å².